The maximum Gasteiger partial charge on any atom is 0.273 e. The molecule has 0 radical (unpaired) electrons. The predicted octanol–water partition coefficient (Wildman–Crippen LogP) is 5.08. The van der Waals surface area contributed by atoms with Crippen LogP contribution in [-0.4, -0.2) is 25.4 Å². The SMILES string of the molecule is Cc1ccc(C2(CCc3ncc(-c4ccccc4)n(CC(=O)NCc4cc5cnccc5[nH]4)c3=O)CC2)cc1. The van der Waals surface area contributed by atoms with Crippen LogP contribution in [-0.2, 0) is 29.7 Å². The second kappa shape index (κ2) is 10.3. The Morgan fingerprint density at radius 3 is 2.59 bits per heavy atom. The number of carbonyl (C=O) groups excluding carboxylic acids is 1. The van der Waals surface area contributed by atoms with E-state index in [1.165, 1.54) is 11.1 Å². The number of fused-ring (bicyclic) bond motifs is 1. The van der Waals surface area contributed by atoms with Crippen molar-refractivity contribution >= 4 is 16.8 Å². The Morgan fingerprint density at radius 1 is 1.05 bits per heavy atom. The van der Waals surface area contributed by atoms with E-state index >= 15 is 0 Å². The molecule has 1 fully saturated rings. The average Bonchev–Trinajstić information content (AvgIpc) is 3.63. The summed E-state index contributed by atoms with van der Waals surface area (Å²) in [5.74, 6) is -0.235. The van der Waals surface area contributed by atoms with Gasteiger partial charge in [-0.25, -0.2) is 0 Å². The largest absolute Gasteiger partial charge is 0.357 e. The standard InChI is InChI=1S/C32H31N5O2/c1-22-7-9-25(10-8-22)32(14-15-32)13-11-28-31(39)37(29(20-34-28)23-5-3-2-4-6-23)21-30(38)35-19-26-17-24-18-33-16-12-27(24)36-26/h2-10,12,16-18,20,36H,11,13-15,19,21H2,1H3,(H,35,38). The van der Waals surface area contributed by atoms with Gasteiger partial charge in [-0.3, -0.25) is 24.1 Å². The minimum absolute atomic E-state index is 0.0799. The molecule has 1 saturated carbocycles. The van der Waals surface area contributed by atoms with Gasteiger partial charge in [-0.2, -0.15) is 0 Å². The lowest BCUT2D eigenvalue weighted by Gasteiger charge is -2.17. The summed E-state index contributed by atoms with van der Waals surface area (Å²) in [4.78, 5) is 38.8. The summed E-state index contributed by atoms with van der Waals surface area (Å²) in [5, 5.41) is 3.94. The first kappa shape index (κ1) is 24.8. The van der Waals surface area contributed by atoms with Gasteiger partial charge in [0.15, 0.2) is 0 Å². The Kier molecular flexibility index (Phi) is 6.57. The van der Waals surface area contributed by atoms with Crippen molar-refractivity contribution in [1.29, 1.82) is 0 Å². The quantitative estimate of drug-likeness (QED) is 0.285. The van der Waals surface area contributed by atoms with Crippen molar-refractivity contribution in [3.05, 3.63) is 118 Å². The molecule has 3 heterocycles. The van der Waals surface area contributed by atoms with Crippen LogP contribution in [0.5, 0.6) is 0 Å². The number of H-pyrrole nitrogens is 1. The number of nitrogens with one attached hydrogen (secondary N) is 2. The molecule has 0 aliphatic heterocycles. The number of rotatable bonds is 9. The molecular formula is C32H31N5O2. The molecule has 7 nitrogen and oxygen atoms in total. The topological polar surface area (TPSA) is 92.7 Å². The second-order valence-electron chi connectivity index (χ2n) is 10.5. The highest BCUT2D eigenvalue weighted by molar-refractivity contribution is 5.80. The van der Waals surface area contributed by atoms with Crippen LogP contribution >= 0.6 is 0 Å². The number of hydrogen-bond acceptors (Lipinski definition) is 4. The molecule has 2 aromatic carbocycles. The third-order valence-electron chi connectivity index (χ3n) is 7.81. The first-order valence-corrected chi connectivity index (χ1v) is 13.4. The van der Waals surface area contributed by atoms with E-state index in [0.717, 1.165) is 41.4 Å². The molecule has 1 aliphatic carbocycles. The Morgan fingerprint density at radius 2 is 1.85 bits per heavy atom. The van der Waals surface area contributed by atoms with Crippen LogP contribution < -0.4 is 10.9 Å². The first-order chi connectivity index (χ1) is 19.0. The highest BCUT2D eigenvalue weighted by Gasteiger charge is 2.43. The normalized spacial score (nSPS) is 13.9. The predicted molar refractivity (Wildman–Crippen MR) is 152 cm³/mol. The number of amides is 1. The minimum Gasteiger partial charge on any atom is -0.357 e. The van der Waals surface area contributed by atoms with Gasteiger partial charge in [0.05, 0.1) is 18.4 Å². The Bertz CT molecular complexity index is 1650. The van der Waals surface area contributed by atoms with Crippen LogP contribution in [0.15, 0.2) is 90.1 Å². The van der Waals surface area contributed by atoms with Crippen molar-refractivity contribution in [3.8, 4) is 11.3 Å². The number of pyridine rings is 1. The van der Waals surface area contributed by atoms with Crippen molar-refractivity contribution in [3.63, 3.8) is 0 Å². The van der Waals surface area contributed by atoms with E-state index in [9.17, 15) is 9.59 Å². The second-order valence-corrected chi connectivity index (χ2v) is 10.5. The van der Waals surface area contributed by atoms with Crippen LogP contribution in [0, 0.1) is 6.92 Å². The van der Waals surface area contributed by atoms with Crippen LogP contribution in [0.4, 0.5) is 0 Å². The summed E-state index contributed by atoms with van der Waals surface area (Å²) in [6, 6.07) is 22.2. The van der Waals surface area contributed by atoms with Gasteiger partial charge in [0.1, 0.15) is 12.2 Å². The van der Waals surface area contributed by atoms with Crippen molar-refractivity contribution in [2.24, 2.45) is 0 Å². The highest BCUT2D eigenvalue weighted by atomic mass is 16.2. The van der Waals surface area contributed by atoms with Crippen molar-refractivity contribution in [2.75, 3.05) is 0 Å². The monoisotopic (exact) mass is 517 g/mol. The lowest BCUT2D eigenvalue weighted by molar-refractivity contribution is -0.121. The van der Waals surface area contributed by atoms with Gasteiger partial charge < -0.3 is 10.3 Å². The van der Waals surface area contributed by atoms with E-state index < -0.39 is 0 Å². The van der Waals surface area contributed by atoms with Gasteiger partial charge in [0.2, 0.25) is 5.91 Å². The van der Waals surface area contributed by atoms with E-state index in [4.69, 9.17) is 0 Å². The molecule has 39 heavy (non-hydrogen) atoms. The minimum atomic E-state index is -0.235. The molecule has 0 spiro atoms. The van der Waals surface area contributed by atoms with Crippen molar-refractivity contribution in [2.45, 2.75) is 51.1 Å². The molecule has 0 unspecified atom stereocenters. The summed E-state index contributed by atoms with van der Waals surface area (Å²) >= 11 is 0. The zero-order chi connectivity index (χ0) is 26.8. The lowest BCUT2D eigenvalue weighted by atomic mass is 9.90. The number of benzene rings is 2. The molecular weight excluding hydrogens is 486 g/mol. The first-order valence-electron chi connectivity index (χ1n) is 13.4. The third-order valence-corrected chi connectivity index (χ3v) is 7.81. The van der Waals surface area contributed by atoms with Gasteiger partial charge in [-0.15, -0.1) is 0 Å². The van der Waals surface area contributed by atoms with E-state index in [-0.39, 0.29) is 23.4 Å². The van der Waals surface area contributed by atoms with Crippen LogP contribution in [0.2, 0.25) is 0 Å². The lowest BCUT2D eigenvalue weighted by Crippen LogP contribution is -2.35. The van der Waals surface area contributed by atoms with Crippen LogP contribution in [0.3, 0.4) is 0 Å². The third kappa shape index (κ3) is 5.25. The number of aryl methyl sites for hydroxylation is 2. The number of aromatic nitrogens is 4. The fraction of sp³-hybridized carbons (Fsp3) is 0.250. The Hall–Kier alpha value is -4.52. The average molecular weight is 518 g/mol. The van der Waals surface area contributed by atoms with Gasteiger partial charge in [-0.1, -0.05) is 60.2 Å². The van der Waals surface area contributed by atoms with E-state index in [2.05, 4.69) is 51.5 Å². The van der Waals surface area contributed by atoms with Crippen molar-refractivity contribution in [1.82, 2.24) is 24.8 Å². The molecule has 6 rings (SSSR count). The van der Waals surface area contributed by atoms with E-state index in [1.54, 1.807) is 23.2 Å². The number of aromatic amines is 1. The fourth-order valence-electron chi connectivity index (χ4n) is 5.32. The molecule has 3 aromatic heterocycles. The van der Waals surface area contributed by atoms with Crippen LogP contribution in [0.1, 0.15) is 41.8 Å². The smallest absolute Gasteiger partial charge is 0.273 e. The molecule has 1 amide bonds. The molecule has 2 N–H and O–H groups in total. The maximum absolute atomic E-state index is 13.7. The molecule has 7 heteroatoms. The Labute approximate surface area is 227 Å². The molecule has 5 aromatic rings. The number of nitrogens with zero attached hydrogens (tertiary/aromatic N) is 3. The summed E-state index contributed by atoms with van der Waals surface area (Å²) in [6.45, 7) is 2.35. The molecule has 196 valence electrons. The molecule has 1 aliphatic rings. The molecule has 0 atom stereocenters. The zero-order valence-corrected chi connectivity index (χ0v) is 22.0. The molecule has 0 saturated heterocycles. The van der Waals surface area contributed by atoms with E-state index in [1.807, 2.05) is 42.5 Å². The molecule has 0 bridgehead atoms. The van der Waals surface area contributed by atoms with Gasteiger partial charge in [0.25, 0.3) is 5.56 Å². The number of hydrogen-bond donors (Lipinski definition) is 2. The summed E-state index contributed by atoms with van der Waals surface area (Å²) in [6.07, 6.45) is 8.93. The van der Waals surface area contributed by atoms with Gasteiger partial charge in [0, 0.05) is 29.0 Å². The van der Waals surface area contributed by atoms with Crippen molar-refractivity contribution < 1.29 is 4.79 Å². The Balaban J connectivity index is 1.22. The summed E-state index contributed by atoms with van der Waals surface area (Å²) in [5.41, 5.74) is 6.33. The summed E-state index contributed by atoms with van der Waals surface area (Å²) < 4.78 is 1.56. The van der Waals surface area contributed by atoms with Crippen LogP contribution in [0.25, 0.3) is 22.2 Å². The van der Waals surface area contributed by atoms with Gasteiger partial charge >= 0.3 is 0 Å². The summed E-state index contributed by atoms with van der Waals surface area (Å²) in [7, 11) is 0. The zero-order valence-electron chi connectivity index (χ0n) is 22.0. The fourth-order valence-corrected chi connectivity index (χ4v) is 5.32. The van der Waals surface area contributed by atoms with E-state index in [0.29, 0.717) is 24.4 Å². The number of carbonyl (C=O) groups is 1. The van der Waals surface area contributed by atoms with Gasteiger partial charge in [-0.05, 0) is 61.3 Å². The maximum atomic E-state index is 13.7. The highest BCUT2D eigenvalue weighted by Crippen LogP contribution is 2.51.